The van der Waals surface area contributed by atoms with E-state index in [1.807, 2.05) is 0 Å². The minimum Gasteiger partial charge on any atom is -0.388 e. The van der Waals surface area contributed by atoms with Crippen molar-refractivity contribution in [3.05, 3.63) is 24.3 Å². The maximum atomic E-state index is 11.6. The van der Waals surface area contributed by atoms with Gasteiger partial charge in [-0.3, -0.25) is 0 Å². The van der Waals surface area contributed by atoms with E-state index in [0.29, 0.717) is 4.90 Å². The molecule has 78 valence electrons. The highest BCUT2D eigenvalue weighted by Gasteiger charge is 2.16. The first-order valence-corrected chi connectivity index (χ1v) is 5.63. The zero-order chi connectivity index (χ0) is 10.8. The van der Waals surface area contributed by atoms with E-state index in [1.165, 1.54) is 18.4 Å². The van der Waals surface area contributed by atoms with E-state index in [4.69, 9.17) is 0 Å². The van der Waals surface area contributed by atoms with Gasteiger partial charge in [0.25, 0.3) is 0 Å². The predicted molar refractivity (Wildman–Crippen MR) is 56.9 cm³/mol. The Hall–Kier alpha value is -1.07. The number of sulfonamides is 1. The molecule has 4 nitrogen and oxygen atoms in total. The Bertz CT molecular complexity index is 395. The molecule has 1 aromatic carbocycles. The van der Waals surface area contributed by atoms with Gasteiger partial charge in [-0.15, -0.1) is 0 Å². The van der Waals surface area contributed by atoms with Crippen LogP contribution in [0, 0.1) is 0 Å². The predicted octanol–water partition coefficient (Wildman–Crippen LogP) is 0.979. The van der Waals surface area contributed by atoms with Crippen molar-refractivity contribution in [1.82, 2.24) is 4.31 Å². The number of nitrogens with one attached hydrogen (secondary N) is 1. The van der Waals surface area contributed by atoms with Crippen molar-refractivity contribution in [2.24, 2.45) is 0 Å². The lowest BCUT2D eigenvalue weighted by molar-refractivity contribution is 0.521. The van der Waals surface area contributed by atoms with Gasteiger partial charge in [0.1, 0.15) is 0 Å². The number of anilines is 1. The fourth-order valence-electron chi connectivity index (χ4n) is 1.00. The molecule has 0 bridgehead atoms. The lowest BCUT2D eigenvalue weighted by Crippen LogP contribution is -2.22. The lowest BCUT2D eigenvalue weighted by atomic mass is 10.3. The van der Waals surface area contributed by atoms with Crippen LogP contribution < -0.4 is 5.32 Å². The highest BCUT2D eigenvalue weighted by Crippen LogP contribution is 2.15. The Labute approximate surface area is 84.6 Å². The first-order valence-electron chi connectivity index (χ1n) is 4.19. The van der Waals surface area contributed by atoms with Crippen molar-refractivity contribution in [2.75, 3.05) is 26.5 Å². The van der Waals surface area contributed by atoms with Gasteiger partial charge in [-0.1, -0.05) is 0 Å². The molecule has 5 heteroatoms. The molecule has 0 aliphatic heterocycles. The minimum absolute atomic E-state index is 0.307. The van der Waals surface area contributed by atoms with Crippen molar-refractivity contribution in [3.8, 4) is 0 Å². The normalized spacial score (nSPS) is 11.7. The molecule has 0 amide bonds. The largest absolute Gasteiger partial charge is 0.388 e. The van der Waals surface area contributed by atoms with Crippen LogP contribution in [0.25, 0.3) is 0 Å². The molecule has 0 spiro atoms. The lowest BCUT2D eigenvalue weighted by Gasteiger charge is -2.11. The summed E-state index contributed by atoms with van der Waals surface area (Å²) in [6.07, 6.45) is 0. The zero-order valence-corrected chi connectivity index (χ0v) is 9.30. The van der Waals surface area contributed by atoms with Gasteiger partial charge in [0.05, 0.1) is 4.90 Å². The second-order valence-electron chi connectivity index (χ2n) is 3.06. The number of hydrogen-bond donors (Lipinski definition) is 1. The summed E-state index contributed by atoms with van der Waals surface area (Å²) in [6.45, 7) is 0. The molecule has 1 N–H and O–H groups in total. The van der Waals surface area contributed by atoms with Crippen LogP contribution in [-0.2, 0) is 10.0 Å². The van der Waals surface area contributed by atoms with Crippen molar-refractivity contribution in [1.29, 1.82) is 0 Å². The molecule has 14 heavy (non-hydrogen) atoms. The van der Waals surface area contributed by atoms with Crippen molar-refractivity contribution >= 4 is 15.7 Å². The van der Waals surface area contributed by atoms with Gasteiger partial charge in [-0.05, 0) is 24.3 Å². The minimum atomic E-state index is -3.30. The van der Waals surface area contributed by atoms with E-state index >= 15 is 0 Å². The van der Waals surface area contributed by atoms with Crippen LogP contribution in [0.15, 0.2) is 29.2 Å². The maximum absolute atomic E-state index is 11.6. The fourth-order valence-corrected chi connectivity index (χ4v) is 1.91. The van der Waals surface area contributed by atoms with E-state index in [-0.39, 0.29) is 0 Å². The Morgan fingerprint density at radius 3 is 2.00 bits per heavy atom. The summed E-state index contributed by atoms with van der Waals surface area (Å²) in [4.78, 5) is 0.307. The van der Waals surface area contributed by atoms with E-state index in [9.17, 15) is 8.42 Å². The average molecular weight is 214 g/mol. The summed E-state index contributed by atoms with van der Waals surface area (Å²) in [5, 5.41) is 2.93. The van der Waals surface area contributed by atoms with Crippen molar-refractivity contribution < 1.29 is 8.42 Å². The number of rotatable bonds is 3. The van der Waals surface area contributed by atoms with Crippen molar-refractivity contribution in [2.45, 2.75) is 4.90 Å². The maximum Gasteiger partial charge on any atom is 0.242 e. The summed E-state index contributed by atoms with van der Waals surface area (Å²) in [7, 11) is 1.52. The first-order chi connectivity index (χ1) is 6.48. The zero-order valence-electron chi connectivity index (χ0n) is 8.48. The summed E-state index contributed by atoms with van der Waals surface area (Å²) in [6, 6.07) is 6.63. The third kappa shape index (κ3) is 2.05. The van der Waals surface area contributed by atoms with E-state index in [1.54, 1.807) is 31.3 Å². The van der Waals surface area contributed by atoms with E-state index in [2.05, 4.69) is 5.32 Å². The quantitative estimate of drug-likeness (QED) is 0.816. The van der Waals surface area contributed by atoms with Gasteiger partial charge in [0, 0.05) is 26.8 Å². The van der Waals surface area contributed by atoms with Gasteiger partial charge in [0.2, 0.25) is 10.0 Å². The summed E-state index contributed by atoms with van der Waals surface area (Å²) in [5.41, 5.74) is 0.891. The first kappa shape index (κ1) is 11.0. The summed E-state index contributed by atoms with van der Waals surface area (Å²) >= 11 is 0. The van der Waals surface area contributed by atoms with Crippen LogP contribution in [0.2, 0.25) is 0 Å². The third-order valence-corrected chi connectivity index (χ3v) is 3.75. The summed E-state index contributed by atoms with van der Waals surface area (Å²) in [5.74, 6) is 0. The molecule has 0 aromatic heterocycles. The standard InChI is InChI=1S/C9H14N2O2S/c1-10-8-4-6-9(7-5-8)14(12,13)11(2)3/h4-7,10H,1-3H3. The molecule has 0 heterocycles. The Balaban J connectivity index is 3.10. The van der Waals surface area contributed by atoms with Crippen LogP contribution >= 0.6 is 0 Å². The molecule has 0 aliphatic carbocycles. The van der Waals surface area contributed by atoms with Crippen LogP contribution in [0.3, 0.4) is 0 Å². The van der Waals surface area contributed by atoms with Crippen LogP contribution in [0.1, 0.15) is 0 Å². The molecule has 0 atom stereocenters. The molecular weight excluding hydrogens is 200 g/mol. The van der Waals surface area contributed by atoms with Gasteiger partial charge in [-0.25, -0.2) is 12.7 Å². The Morgan fingerprint density at radius 1 is 1.14 bits per heavy atom. The van der Waals surface area contributed by atoms with Crippen LogP contribution in [-0.4, -0.2) is 33.9 Å². The van der Waals surface area contributed by atoms with Crippen LogP contribution in [0.5, 0.6) is 0 Å². The fraction of sp³-hybridized carbons (Fsp3) is 0.333. The molecular formula is C9H14N2O2S. The van der Waals surface area contributed by atoms with E-state index in [0.717, 1.165) is 5.69 Å². The molecule has 1 aromatic rings. The molecule has 0 saturated carbocycles. The number of benzene rings is 1. The topological polar surface area (TPSA) is 49.4 Å². The average Bonchev–Trinajstić information content (AvgIpc) is 2.17. The second-order valence-corrected chi connectivity index (χ2v) is 5.21. The van der Waals surface area contributed by atoms with Crippen LogP contribution in [0.4, 0.5) is 5.69 Å². The SMILES string of the molecule is CNc1ccc(S(=O)(=O)N(C)C)cc1. The van der Waals surface area contributed by atoms with Gasteiger partial charge in [-0.2, -0.15) is 0 Å². The Kier molecular flexibility index (Phi) is 3.13. The highest BCUT2D eigenvalue weighted by atomic mass is 32.2. The Morgan fingerprint density at radius 2 is 1.64 bits per heavy atom. The summed E-state index contributed by atoms with van der Waals surface area (Å²) < 4.78 is 24.5. The van der Waals surface area contributed by atoms with Gasteiger partial charge >= 0.3 is 0 Å². The smallest absolute Gasteiger partial charge is 0.242 e. The number of nitrogens with zero attached hydrogens (tertiary/aromatic N) is 1. The molecule has 0 saturated heterocycles. The second kappa shape index (κ2) is 3.98. The third-order valence-electron chi connectivity index (χ3n) is 1.92. The highest BCUT2D eigenvalue weighted by molar-refractivity contribution is 7.89. The van der Waals surface area contributed by atoms with E-state index < -0.39 is 10.0 Å². The molecule has 0 radical (unpaired) electrons. The molecule has 0 unspecified atom stereocenters. The number of hydrogen-bond acceptors (Lipinski definition) is 3. The molecule has 0 aliphatic rings. The van der Waals surface area contributed by atoms with Gasteiger partial charge < -0.3 is 5.32 Å². The molecule has 1 rings (SSSR count). The van der Waals surface area contributed by atoms with Crippen molar-refractivity contribution in [3.63, 3.8) is 0 Å². The monoisotopic (exact) mass is 214 g/mol. The van der Waals surface area contributed by atoms with Gasteiger partial charge in [0.15, 0.2) is 0 Å². The molecule has 0 fully saturated rings.